The Balaban J connectivity index is 2.83. The first-order valence-electron chi connectivity index (χ1n) is 3.67. The molecule has 0 heterocycles. The second-order valence-corrected chi connectivity index (χ2v) is 3.22. The van der Waals surface area contributed by atoms with Crippen molar-refractivity contribution in [2.45, 2.75) is 0 Å². The standard InChI is InChI=1S/C8H10ClN3S/c1-11-8(13)12(10)7-4-2-6(9)3-5-7/h2-5H,10H2,1H3,(H,11,13). The Morgan fingerprint density at radius 3 is 2.46 bits per heavy atom. The first kappa shape index (κ1) is 10.2. The van der Waals surface area contributed by atoms with Gasteiger partial charge < -0.3 is 5.32 Å². The minimum absolute atomic E-state index is 0.460. The van der Waals surface area contributed by atoms with Crippen LogP contribution in [0.4, 0.5) is 5.69 Å². The van der Waals surface area contributed by atoms with Crippen LogP contribution in [0.3, 0.4) is 0 Å². The van der Waals surface area contributed by atoms with Gasteiger partial charge in [-0.05, 0) is 36.5 Å². The average Bonchev–Trinajstić information content (AvgIpc) is 2.17. The molecule has 70 valence electrons. The van der Waals surface area contributed by atoms with E-state index in [0.29, 0.717) is 10.1 Å². The second-order valence-electron chi connectivity index (χ2n) is 2.40. The summed E-state index contributed by atoms with van der Waals surface area (Å²) < 4.78 is 0. The first-order chi connectivity index (χ1) is 6.15. The molecular formula is C8H10ClN3S. The lowest BCUT2D eigenvalue weighted by molar-refractivity contribution is 1.06. The predicted octanol–water partition coefficient (Wildman–Crippen LogP) is 1.52. The number of nitrogens with two attached hydrogens (primary N) is 1. The molecule has 0 radical (unpaired) electrons. The molecular weight excluding hydrogens is 206 g/mol. The van der Waals surface area contributed by atoms with Crippen molar-refractivity contribution in [2.75, 3.05) is 12.1 Å². The maximum Gasteiger partial charge on any atom is 0.187 e. The quantitative estimate of drug-likeness (QED) is 0.424. The van der Waals surface area contributed by atoms with Gasteiger partial charge >= 0.3 is 0 Å². The Bertz CT molecular complexity index is 299. The van der Waals surface area contributed by atoms with Crippen molar-refractivity contribution in [3.8, 4) is 0 Å². The van der Waals surface area contributed by atoms with Crippen molar-refractivity contribution in [3.05, 3.63) is 29.3 Å². The largest absolute Gasteiger partial charge is 0.364 e. The average molecular weight is 216 g/mol. The van der Waals surface area contributed by atoms with E-state index in [0.717, 1.165) is 5.69 Å². The van der Waals surface area contributed by atoms with E-state index in [4.69, 9.17) is 29.7 Å². The highest BCUT2D eigenvalue weighted by Gasteiger charge is 2.04. The smallest absolute Gasteiger partial charge is 0.187 e. The number of benzene rings is 1. The summed E-state index contributed by atoms with van der Waals surface area (Å²) in [6.07, 6.45) is 0. The Morgan fingerprint density at radius 1 is 1.46 bits per heavy atom. The number of halogens is 1. The monoisotopic (exact) mass is 215 g/mol. The molecule has 0 saturated heterocycles. The summed E-state index contributed by atoms with van der Waals surface area (Å²) in [6.45, 7) is 0. The zero-order chi connectivity index (χ0) is 9.84. The molecule has 5 heteroatoms. The molecule has 1 rings (SSSR count). The first-order valence-corrected chi connectivity index (χ1v) is 4.46. The van der Waals surface area contributed by atoms with Crippen LogP contribution >= 0.6 is 23.8 Å². The molecule has 0 aromatic heterocycles. The minimum atomic E-state index is 0.460. The fourth-order valence-electron chi connectivity index (χ4n) is 0.839. The summed E-state index contributed by atoms with van der Waals surface area (Å²) in [5.41, 5.74) is 0.795. The zero-order valence-electron chi connectivity index (χ0n) is 7.12. The maximum absolute atomic E-state index is 5.72. The SMILES string of the molecule is CNC(=S)N(N)c1ccc(Cl)cc1. The summed E-state index contributed by atoms with van der Waals surface area (Å²) in [4.78, 5) is 0. The zero-order valence-corrected chi connectivity index (χ0v) is 8.69. The molecule has 0 unspecified atom stereocenters. The second kappa shape index (κ2) is 4.41. The van der Waals surface area contributed by atoms with Gasteiger partial charge in [0.25, 0.3) is 0 Å². The van der Waals surface area contributed by atoms with Crippen molar-refractivity contribution in [1.29, 1.82) is 0 Å². The van der Waals surface area contributed by atoms with Crippen LogP contribution in [0.2, 0.25) is 5.02 Å². The van der Waals surface area contributed by atoms with Gasteiger partial charge in [-0.1, -0.05) is 11.6 Å². The molecule has 0 bridgehead atoms. The van der Waals surface area contributed by atoms with Crippen LogP contribution in [-0.2, 0) is 0 Å². The van der Waals surface area contributed by atoms with E-state index in [1.165, 1.54) is 5.01 Å². The topological polar surface area (TPSA) is 41.3 Å². The van der Waals surface area contributed by atoms with Gasteiger partial charge in [-0.15, -0.1) is 0 Å². The lowest BCUT2D eigenvalue weighted by Crippen LogP contribution is -2.43. The molecule has 3 N–H and O–H groups in total. The summed E-state index contributed by atoms with van der Waals surface area (Å²) in [6, 6.07) is 7.11. The highest BCUT2D eigenvalue weighted by molar-refractivity contribution is 7.80. The number of nitrogens with one attached hydrogen (secondary N) is 1. The van der Waals surface area contributed by atoms with Gasteiger partial charge in [0.2, 0.25) is 0 Å². The third-order valence-electron chi connectivity index (χ3n) is 1.54. The predicted molar refractivity (Wildman–Crippen MR) is 59.8 cm³/mol. The summed E-state index contributed by atoms with van der Waals surface area (Å²) >= 11 is 10.7. The third-order valence-corrected chi connectivity index (χ3v) is 2.19. The summed E-state index contributed by atoms with van der Waals surface area (Å²) in [5, 5.41) is 5.29. The molecule has 0 aliphatic rings. The number of nitrogens with zero attached hydrogens (tertiary/aromatic N) is 1. The minimum Gasteiger partial charge on any atom is -0.364 e. The van der Waals surface area contributed by atoms with E-state index < -0.39 is 0 Å². The number of thiocarbonyl (C=S) groups is 1. The van der Waals surface area contributed by atoms with Crippen LogP contribution in [0.25, 0.3) is 0 Å². The molecule has 3 nitrogen and oxygen atoms in total. The Labute approximate surface area is 87.4 Å². The van der Waals surface area contributed by atoms with E-state index in [9.17, 15) is 0 Å². The van der Waals surface area contributed by atoms with E-state index in [2.05, 4.69) is 5.32 Å². The van der Waals surface area contributed by atoms with Crippen molar-refractivity contribution in [3.63, 3.8) is 0 Å². The summed E-state index contributed by atoms with van der Waals surface area (Å²) in [5.74, 6) is 5.69. The van der Waals surface area contributed by atoms with Gasteiger partial charge in [-0.25, -0.2) is 5.84 Å². The number of hydrogen-bond acceptors (Lipinski definition) is 2. The fraction of sp³-hybridized carbons (Fsp3) is 0.125. The van der Waals surface area contributed by atoms with E-state index in [1.54, 1.807) is 31.3 Å². The molecule has 0 fully saturated rings. The van der Waals surface area contributed by atoms with Crippen molar-refractivity contribution >= 4 is 34.6 Å². The normalized spacial score (nSPS) is 9.46. The van der Waals surface area contributed by atoms with E-state index >= 15 is 0 Å². The van der Waals surface area contributed by atoms with E-state index in [-0.39, 0.29) is 0 Å². The summed E-state index contributed by atoms with van der Waals surface area (Å²) in [7, 11) is 1.72. The highest BCUT2D eigenvalue weighted by Crippen LogP contribution is 2.15. The number of anilines is 1. The van der Waals surface area contributed by atoms with Crippen molar-refractivity contribution in [1.82, 2.24) is 5.32 Å². The number of hydrogen-bond donors (Lipinski definition) is 2. The lowest BCUT2D eigenvalue weighted by Gasteiger charge is -2.18. The molecule has 0 amide bonds. The lowest BCUT2D eigenvalue weighted by atomic mass is 10.3. The van der Waals surface area contributed by atoms with Gasteiger partial charge in [0.15, 0.2) is 5.11 Å². The Morgan fingerprint density at radius 2 is 2.00 bits per heavy atom. The van der Waals surface area contributed by atoms with Gasteiger partial charge in [0.05, 0.1) is 5.69 Å². The van der Waals surface area contributed by atoms with Gasteiger partial charge in [0.1, 0.15) is 0 Å². The fourth-order valence-corrected chi connectivity index (χ4v) is 1.07. The van der Waals surface area contributed by atoms with Crippen LogP contribution in [0.1, 0.15) is 0 Å². The molecule has 0 aliphatic carbocycles. The van der Waals surface area contributed by atoms with E-state index in [1.807, 2.05) is 0 Å². The van der Waals surface area contributed by atoms with Crippen LogP contribution in [0.5, 0.6) is 0 Å². The van der Waals surface area contributed by atoms with Gasteiger partial charge in [-0.3, -0.25) is 5.01 Å². The molecule has 0 saturated carbocycles. The van der Waals surface area contributed by atoms with Crippen molar-refractivity contribution < 1.29 is 0 Å². The van der Waals surface area contributed by atoms with Crippen LogP contribution in [-0.4, -0.2) is 12.2 Å². The van der Waals surface area contributed by atoms with Gasteiger partial charge in [-0.2, -0.15) is 0 Å². The molecule has 13 heavy (non-hydrogen) atoms. The molecule has 1 aromatic carbocycles. The molecule has 0 atom stereocenters. The van der Waals surface area contributed by atoms with Crippen LogP contribution < -0.4 is 16.2 Å². The van der Waals surface area contributed by atoms with Crippen LogP contribution in [0, 0.1) is 0 Å². The third kappa shape index (κ3) is 2.55. The maximum atomic E-state index is 5.72. The highest BCUT2D eigenvalue weighted by atomic mass is 35.5. The van der Waals surface area contributed by atoms with Crippen molar-refractivity contribution in [2.24, 2.45) is 5.84 Å². The number of hydrazine groups is 1. The number of rotatable bonds is 1. The Kier molecular flexibility index (Phi) is 3.48. The molecule has 0 aliphatic heterocycles. The van der Waals surface area contributed by atoms with Gasteiger partial charge in [0, 0.05) is 12.1 Å². The van der Waals surface area contributed by atoms with Crippen LogP contribution in [0.15, 0.2) is 24.3 Å². The Hall–Kier alpha value is -0.840. The molecule has 0 spiro atoms. The molecule has 1 aromatic rings.